The molecule has 0 aliphatic carbocycles. The van der Waals surface area contributed by atoms with Gasteiger partial charge in [-0.25, -0.2) is 0 Å². The quantitative estimate of drug-likeness (QED) is 0.666. The molecule has 0 aromatic heterocycles. The van der Waals surface area contributed by atoms with Gasteiger partial charge in [0.2, 0.25) is 0 Å². The van der Waals surface area contributed by atoms with Crippen LogP contribution in [0.4, 0.5) is 0 Å². The maximum atomic E-state index is 2.69. The van der Waals surface area contributed by atoms with Gasteiger partial charge in [-0.15, -0.1) is 0 Å². The van der Waals surface area contributed by atoms with Crippen LogP contribution in [-0.4, -0.2) is 24.5 Å². The van der Waals surface area contributed by atoms with Crippen LogP contribution >= 0.6 is 0 Å². The van der Waals surface area contributed by atoms with E-state index in [9.17, 15) is 0 Å². The second-order valence-electron chi connectivity index (χ2n) is 5.58. The summed E-state index contributed by atoms with van der Waals surface area (Å²) in [5.41, 5.74) is 0. The van der Waals surface area contributed by atoms with Gasteiger partial charge in [0, 0.05) is 0 Å². The first kappa shape index (κ1) is 13.0. The summed E-state index contributed by atoms with van der Waals surface area (Å²) in [7, 11) is 0. The molecular formula is C14H29N. The van der Waals surface area contributed by atoms with E-state index in [-0.39, 0.29) is 0 Å². The van der Waals surface area contributed by atoms with Crippen molar-refractivity contribution in [2.45, 2.75) is 59.3 Å². The van der Waals surface area contributed by atoms with Crippen LogP contribution in [0.1, 0.15) is 59.3 Å². The van der Waals surface area contributed by atoms with E-state index in [0.717, 1.165) is 11.8 Å². The van der Waals surface area contributed by atoms with Crippen LogP contribution in [0.5, 0.6) is 0 Å². The third-order valence-electron chi connectivity index (χ3n) is 3.77. The molecule has 1 heteroatoms. The van der Waals surface area contributed by atoms with Crippen molar-refractivity contribution >= 4 is 0 Å². The Bertz CT molecular complexity index is 153. The van der Waals surface area contributed by atoms with Gasteiger partial charge in [-0.3, -0.25) is 0 Å². The minimum atomic E-state index is 0.875. The Morgan fingerprint density at radius 3 is 2.67 bits per heavy atom. The normalized spacial score (nSPS) is 24.4. The fraction of sp³-hybridized carbons (Fsp3) is 1.00. The molecule has 1 aliphatic rings. The average molecular weight is 211 g/mol. The van der Waals surface area contributed by atoms with Gasteiger partial charge in [0.25, 0.3) is 0 Å². The Balaban J connectivity index is 2.14. The van der Waals surface area contributed by atoms with Gasteiger partial charge in [0.05, 0.1) is 0 Å². The summed E-state index contributed by atoms with van der Waals surface area (Å²) in [4.78, 5) is 2.69. The summed E-state index contributed by atoms with van der Waals surface area (Å²) < 4.78 is 0. The predicted molar refractivity (Wildman–Crippen MR) is 68.1 cm³/mol. The number of hydrogen-bond donors (Lipinski definition) is 0. The predicted octanol–water partition coefficient (Wildman–Crippen LogP) is 3.93. The van der Waals surface area contributed by atoms with E-state index in [0.29, 0.717) is 0 Å². The van der Waals surface area contributed by atoms with Crippen LogP contribution in [0, 0.1) is 11.8 Å². The molecule has 0 bridgehead atoms. The average Bonchev–Trinajstić information content (AvgIpc) is 2.42. The Labute approximate surface area is 96.2 Å². The molecule has 1 rings (SSSR count). The summed E-state index contributed by atoms with van der Waals surface area (Å²) in [6.45, 7) is 11.1. The summed E-state index contributed by atoms with van der Waals surface area (Å²) in [5, 5.41) is 0. The van der Waals surface area contributed by atoms with Crippen molar-refractivity contribution in [2.75, 3.05) is 19.6 Å². The lowest BCUT2D eigenvalue weighted by Gasteiger charge is -2.20. The first-order valence-corrected chi connectivity index (χ1v) is 6.94. The molecule has 1 saturated heterocycles. The van der Waals surface area contributed by atoms with Crippen molar-refractivity contribution in [1.82, 2.24) is 4.90 Å². The molecule has 0 N–H and O–H groups in total. The van der Waals surface area contributed by atoms with Gasteiger partial charge in [0.1, 0.15) is 0 Å². The fourth-order valence-electron chi connectivity index (χ4n) is 2.58. The third-order valence-corrected chi connectivity index (χ3v) is 3.77. The molecule has 0 amide bonds. The minimum Gasteiger partial charge on any atom is -0.303 e. The molecule has 0 aromatic rings. The van der Waals surface area contributed by atoms with E-state index in [1.165, 1.54) is 58.2 Å². The monoisotopic (exact) mass is 211 g/mol. The van der Waals surface area contributed by atoms with Gasteiger partial charge >= 0.3 is 0 Å². The second-order valence-corrected chi connectivity index (χ2v) is 5.58. The van der Waals surface area contributed by atoms with Crippen molar-refractivity contribution < 1.29 is 0 Å². The number of nitrogens with zero attached hydrogens (tertiary/aromatic N) is 1. The molecule has 1 nitrogen and oxygen atoms in total. The van der Waals surface area contributed by atoms with E-state index in [1.807, 2.05) is 0 Å². The molecule has 0 radical (unpaired) electrons. The zero-order valence-corrected chi connectivity index (χ0v) is 11.0. The molecule has 0 spiro atoms. The highest BCUT2D eigenvalue weighted by atomic mass is 15.1. The number of hydrogen-bond acceptors (Lipinski definition) is 1. The van der Waals surface area contributed by atoms with Crippen LogP contribution in [0.2, 0.25) is 0 Å². The highest BCUT2D eigenvalue weighted by molar-refractivity contribution is 4.69. The minimum absolute atomic E-state index is 0.875. The molecule has 90 valence electrons. The maximum absolute atomic E-state index is 2.69. The number of likely N-dealkylation sites (tertiary alicyclic amines) is 1. The van der Waals surface area contributed by atoms with Crippen molar-refractivity contribution in [2.24, 2.45) is 11.8 Å². The van der Waals surface area contributed by atoms with E-state index in [2.05, 4.69) is 25.7 Å². The van der Waals surface area contributed by atoms with Crippen LogP contribution in [-0.2, 0) is 0 Å². The molecule has 15 heavy (non-hydrogen) atoms. The lowest BCUT2D eigenvalue weighted by molar-refractivity contribution is 0.269. The highest BCUT2D eigenvalue weighted by Gasteiger charge is 2.14. The molecule has 1 fully saturated rings. The summed E-state index contributed by atoms with van der Waals surface area (Å²) >= 11 is 0. The highest BCUT2D eigenvalue weighted by Crippen LogP contribution is 2.20. The van der Waals surface area contributed by atoms with Crippen LogP contribution < -0.4 is 0 Å². The van der Waals surface area contributed by atoms with Crippen LogP contribution in [0.3, 0.4) is 0 Å². The standard InChI is InChI=1S/C14H29N/c1-4-14-8-6-11-15(12-9-14)10-5-7-13(2)3/h13-14H,4-12H2,1-3H3. The smallest absolute Gasteiger partial charge is 0.00161 e. The van der Waals surface area contributed by atoms with E-state index in [1.54, 1.807) is 0 Å². The summed E-state index contributed by atoms with van der Waals surface area (Å²) in [6, 6.07) is 0. The molecule has 0 saturated carbocycles. The topological polar surface area (TPSA) is 3.24 Å². The van der Waals surface area contributed by atoms with Gasteiger partial charge in [-0.2, -0.15) is 0 Å². The van der Waals surface area contributed by atoms with E-state index >= 15 is 0 Å². The van der Waals surface area contributed by atoms with E-state index in [4.69, 9.17) is 0 Å². The van der Waals surface area contributed by atoms with Crippen LogP contribution in [0.15, 0.2) is 0 Å². The van der Waals surface area contributed by atoms with E-state index < -0.39 is 0 Å². The van der Waals surface area contributed by atoms with Crippen molar-refractivity contribution in [3.8, 4) is 0 Å². The molecule has 1 heterocycles. The third kappa shape index (κ3) is 5.55. The lowest BCUT2D eigenvalue weighted by atomic mass is 9.98. The molecule has 1 unspecified atom stereocenters. The Morgan fingerprint density at radius 2 is 2.00 bits per heavy atom. The van der Waals surface area contributed by atoms with Crippen molar-refractivity contribution in [3.05, 3.63) is 0 Å². The zero-order valence-electron chi connectivity index (χ0n) is 11.0. The molecule has 1 atom stereocenters. The Morgan fingerprint density at radius 1 is 1.20 bits per heavy atom. The van der Waals surface area contributed by atoms with Gasteiger partial charge in [-0.05, 0) is 63.6 Å². The Kier molecular flexibility index (Phi) is 6.31. The second kappa shape index (κ2) is 7.27. The van der Waals surface area contributed by atoms with Gasteiger partial charge in [-0.1, -0.05) is 27.2 Å². The van der Waals surface area contributed by atoms with Gasteiger partial charge < -0.3 is 4.90 Å². The maximum Gasteiger partial charge on any atom is -0.00161 e. The zero-order chi connectivity index (χ0) is 11.1. The molecule has 0 aromatic carbocycles. The van der Waals surface area contributed by atoms with Crippen molar-refractivity contribution in [3.63, 3.8) is 0 Å². The van der Waals surface area contributed by atoms with Crippen molar-refractivity contribution in [1.29, 1.82) is 0 Å². The summed E-state index contributed by atoms with van der Waals surface area (Å²) in [5.74, 6) is 1.89. The SMILES string of the molecule is CCC1CCCN(CCCC(C)C)CC1. The molecule has 1 aliphatic heterocycles. The van der Waals surface area contributed by atoms with Gasteiger partial charge in [0.15, 0.2) is 0 Å². The molecular weight excluding hydrogens is 182 g/mol. The Hall–Kier alpha value is -0.0400. The first-order valence-electron chi connectivity index (χ1n) is 6.94. The fourth-order valence-corrected chi connectivity index (χ4v) is 2.58. The first-order chi connectivity index (χ1) is 7.22. The number of rotatable bonds is 5. The lowest BCUT2D eigenvalue weighted by Crippen LogP contribution is -2.26. The largest absolute Gasteiger partial charge is 0.303 e. The summed E-state index contributed by atoms with van der Waals surface area (Å²) in [6.07, 6.45) is 8.53. The van der Waals surface area contributed by atoms with Crippen LogP contribution in [0.25, 0.3) is 0 Å².